The lowest BCUT2D eigenvalue weighted by atomic mass is 10.1. The van der Waals surface area contributed by atoms with Crippen LogP contribution in [0.3, 0.4) is 0 Å². The predicted molar refractivity (Wildman–Crippen MR) is 75.8 cm³/mol. The summed E-state index contributed by atoms with van der Waals surface area (Å²) in [6.45, 7) is 3.89. The largest absolute Gasteiger partial charge is 0.321 e. The van der Waals surface area contributed by atoms with E-state index < -0.39 is 0 Å². The van der Waals surface area contributed by atoms with E-state index in [2.05, 4.69) is 26.2 Å². The van der Waals surface area contributed by atoms with Crippen molar-refractivity contribution in [3.8, 4) is 0 Å². The van der Waals surface area contributed by atoms with E-state index in [0.29, 0.717) is 11.3 Å². The Morgan fingerprint density at radius 3 is 2.72 bits per heavy atom. The Kier molecular flexibility index (Phi) is 3.77. The summed E-state index contributed by atoms with van der Waals surface area (Å²) in [5, 5.41) is 2.84. The number of amides is 1. The third kappa shape index (κ3) is 2.96. The van der Waals surface area contributed by atoms with Gasteiger partial charge in [0, 0.05) is 16.2 Å². The van der Waals surface area contributed by atoms with Crippen molar-refractivity contribution >= 4 is 27.5 Å². The number of nitrogens with one attached hydrogen (secondary N) is 1. The van der Waals surface area contributed by atoms with Gasteiger partial charge in [0.25, 0.3) is 5.91 Å². The van der Waals surface area contributed by atoms with E-state index in [1.165, 1.54) is 0 Å². The number of rotatable bonds is 2. The second-order valence-corrected chi connectivity index (χ2v) is 5.08. The lowest BCUT2D eigenvalue weighted by molar-refractivity contribution is 0.102. The molecule has 0 aliphatic rings. The maximum Gasteiger partial charge on any atom is 0.255 e. The summed E-state index contributed by atoms with van der Waals surface area (Å²) in [6, 6.07) is 7.64. The molecule has 0 saturated carbocycles. The molecule has 1 heterocycles. The van der Waals surface area contributed by atoms with Crippen molar-refractivity contribution in [3.05, 3.63) is 57.8 Å². The summed E-state index contributed by atoms with van der Waals surface area (Å²) in [5.74, 6) is -0.115. The van der Waals surface area contributed by atoms with Crippen LogP contribution >= 0.6 is 15.9 Å². The van der Waals surface area contributed by atoms with E-state index in [9.17, 15) is 4.79 Å². The van der Waals surface area contributed by atoms with Gasteiger partial charge < -0.3 is 5.32 Å². The van der Waals surface area contributed by atoms with E-state index in [1.54, 1.807) is 12.4 Å². The molecule has 0 saturated heterocycles. The minimum atomic E-state index is -0.115. The van der Waals surface area contributed by atoms with Crippen LogP contribution in [0.15, 0.2) is 41.1 Å². The van der Waals surface area contributed by atoms with Gasteiger partial charge in [-0.1, -0.05) is 17.7 Å². The first kappa shape index (κ1) is 12.8. The maximum atomic E-state index is 12.1. The molecule has 1 N–H and O–H groups in total. The number of aryl methyl sites for hydroxylation is 2. The van der Waals surface area contributed by atoms with Gasteiger partial charge in [0.1, 0.15) is 0 Å². The fourth-order valence-electron chi connectivity index (χ4n) is 1.66. The summed E-state index contributed by atoms with van der Waals surface area (Å²) in [7, 11) is 0. The predicted octanol–water partition coefficient (Wildman–Crippen LogP) is 3.71. The molecule has 92 valence electrons. The molecule has 0 atom stereocenters. The molecule has 0 aliphatic carbocycles. The molecule has 4 heteroatoms. The number of aromatic nitrogens is 1. The Balaban J connectivity index is 2.24. The second kappa shape index (κ2) is 5.31. The van der Waals surface area contributed by atoms with E-state index in [1.807, 2.05) is 38.1 Å². The molecule has 1 aromatic carbocycles. The van der Waals surface area contributed by atoms with Crippen LogP contribution in [0.25, 0.3) is 0 Å². The quantitative estimate of drug-likeness (QED) is 0.919. The first-order valence-electron chi connectivity index (χ1n) is 5.55. The highest BCUT2D eigenvalue weighted by Gasteiger charge is 2.09. The second-order valence-electron chi connectivity index (χ2n) is 4.16. The van der Waals surface area contributed by atoms with E-state index in [4.69, 9.17) is 0 Å². The monoisotopic (exact) mass is 304 g/mol. The fourth-order valence-corrected chi connectivity index (χ4v) is 2.02. The van der Waals surface area contributed by atoms with Crippen molar-refractivity contribution in [2.24, 2.45) is 0 Å². The van der Waals surface area contributed by atoms with Crippen LogP contribution in [0.5, 0.6) is 0 Å². The normalized spacial score (nSPS) is 10.2. The number of benzene rings is 1. The number of halogens is 1. The highest BCUT2D eigenvalue weighted by atomic mass is 79.9. The van der Waals surface area contributed by atoms with Gasteiger partial charge in [-0.3, -0.25) is 9.78 Å². The molecule has 18 heavy (non-hydrogen) atoms. The molecule has 0 radical (unpaired) electrons. The lowest BCUT2D eigenvalue weighted by Gasteiger charge is -2.08. The molecule has 0 unspecified atom stereocenters. The maximum absolute atomic E-state index is 12.1. The van der Waals surface area contributed by atoms with Crippen LogP contribution in [0.2, 0.25) is 0 Å². The molecule has 2 rings (SSSR count). The molecule has 0 bridgehead atoms. The fraction of sp³-hybridized carbons (Fsp3) is 0.143. The summed E-state index contributed by atoms with van der Waals surface area (Å²) in [5.41, 5.74) is 3.39. The van der Waals surface area contributed by atoms with E-state index in [0.717, 1.165) is 15.6 Å². The van der Waals surface area contributed by atoms with Gasteiger partial charge in [0.2, 0.25) is 0 Å². The van der Waals surface area contributed by atoms with Gasteiger partial charge in [0.05, 0.1) is 11.9 Å². The summed E-state index contributed by atoms with van der Waals surface area (Å²) in [4.78, 5) is 16.2. The third-order valence-electron chi connectivity index (χ3n) is 2.60. The third-order valence-corrected chi connectivity index (χ3v) is 3.03. The van der Waals surface area contributed by atoms with Crippen LogP contribution in [0.1, 0.15) is 21.5 Å². The van der Waals surface area contributed by atoms with Crippen LogP contribution < -0.4 is 5.32 Å². The molecule has 0 spiro atoms. The Hall–Kier alpha value is -1.68. The molecular weight excluding hydrogens is 292 g/mol. The molecule has 2 aromatic rings. The van der Waals surface area contributed by atoms with Crippen LogP contribution in [-0.4, -0.2) is 10.9 Å². The molecule has 0 fully saturated rings. The Morgan fingerprint density at radius 1 is 1.22 bits per heavy atom. The van der Waals surface area contributed by atoms with Crippen molar-refractivity contribution < 1.29 is 4.79 Å². The number of carbonyl (C=O) groups is 1. The molecular formula is C14H13BrN2O. The van der Waals surface area contributed by atoms with Gasteiger partial charge in [-0.05, 0) is 47.5 Å². The Labute approximate surface area is 114 Å². The van der Waals surface area contributed by atoms with Crippen molar-refractivity contribution in [2.75, 3.05) is 5.32 Å². The minimum Gasteiger partial charge on any atom is -0.321 e. The standard InChI is InChI=1S/C14H13BrN2O/c1-9-3-4-10(2)13(5-9)14(18)17-12-6-11(15)7-16-8-12/h3-8H,1-2H3,(H,17,18). The zero-order chi connectivity index (χ0) is 13.1. The van der Waals surface area contributed by atoms with Gasteiger partial charge in [0.15, 0.2) is 0 Å². The van der Waals surface area contributed by atoms with Crippen LogP contribution in [0.4, 0.5) is 5.69 Å². The molecule has 0 aliphatic heterocycles. The number of anilines is 1. The number of carbonyl (C=O) groups excluding carboxylic acids is 1. The van der Waals surface area contributed by atoms with Crippen molar-refractivity contribution in [1.29, 1.82) is 0 Å². The van der Waals surface area contributed by atoms with Crippen LogP contribution in [0, 0.1) is 13.8 Å². The first-order valence-corrected chi connectivity index (χ1v) is 6.35. The van der Waals surface area contributed by atoms with Gasteiger partial charge in [-0.25, -0.2) is 0 Å². The zero-order valence-corrected chi connectivity index (χ0v) is 11.8. The number of hydrogen-bond acceptors (Lipinski definition) is 2. The summed E-state index contributed by atoms with van der Waals surface area (Å²) >= 11 is 3.32. The number of pyridine rings is 1. The Morgan fingerprint density at radius 2 is 2.00 bits per heavy atom. The highest BCUT2D eigenvalue weighted by molar-refractivity contribution is 9.10. The molecule has 3 nitrogen and oxygen atoms in total. The van der Waals surface area contributed by atoms with Crippen molar-refractivity contribution in [1.82, 2.24) is 4.98 Å². The number of nitrogens with zero attached hydrogens (tertiary/aromatic N) is 1. The smallest absolute Gasteiger partial charge is 0.255 e. The van der Waals surface area contributed by atoms with Gasteiger partial charge in [-0.15, -0.1) is 0 Å². The van der Waals surface area contributed by atoms with Gasteiger partial charge >= 0.3 is 0 Å². The summed E-state index contributed by atoms with van der Waals surface area (Å²) in [6.07, 6.45) is 3.29. The van der Waals surface area contributed by atoms with E-state index >= 15 is 0 Å². The SMILES string of the molecule is Cc1ccc(C)c(C(=O)Nc2cncc(Br)c2)c1. The minimum absolute atomic E-state index is 0.115. The van der Waals surface area contributed by atoms with Crippen LogP contribution in [-0.2, 0) is 0 Å². The lowest BCUT2D eigenvalue weighted by Crippen LogP contribution is -2.13. The average molecular weight is 305 g/mol. The van der Waals surface area contributed by atoms with Crippen molar-refractivity contribution in [2.45, 2.75) is 13.8 Å². The van der Waals surface area contributed by atoms with E-state index in [-0.39, 0.29) is 5.91 Å². The number of hydrogen-bond donors (Lipinski definition) is 1. The Bertz CT molecular complexity index is 596. The molecule has 1 aromatic heterocycles. The molecule has 1 amide bonds. The zero-order valence-electron chi connectivity index (χ0n) is 10.2. The first-order chi connectivity index (χ1) is 8.56. The topological polar surface area (TPSA) is 42.0 Å². The average Bonchev–Trinajstić information content (AvgIpc) is 2.32. The van der Waals surface area contributed by atoms with Gasteiger partial charge in [-0.2, -0.15) is 0 Å². The highest BCUT2D eigenvalue weighted by Crippen LogP contribution is 2.16. The van der Waals surface area contributed by atoms with Crippen molar-refractivity contribution in [3.63, 3.8) is 0 Å². The summed E-state index contributed by atoms with van der Waals surface area (Å²) < 4.78 is 0.835.